The van der Waals surface area contributed by atoms with Crippen molar-refractivity contribution in [3.05, 3.63) is 81.5 Å². The van der Waals surface area contributed by atoms with Crippen molar-refractivity contribution in [3.63, 3.8) is 0 Å². The van der Waals surface area contributed by atoms with Gasteiger partial charge in [-0.15, -0.1) is 0 Å². The third kappa shape index (κ3) is 3.91. The second-order valence-corrected chi connectivity index (χ2v) is 6.67. The van der Waals surface area contributed by atoms with Gasteiger partial charge in [0.1, 0.15) is 5.82 Å². The molecule has 0 saturated heterocycles. The van der Waals surface area contributed by atoms with Crippen LogP contribution in [0.15, 0.2) is 48.7 Å². The Bertz CT molecular complexity index is 913. The van der Waals surface area contributed by atoms with E-state index in [0.29, 0.717) is 22.9 Å². The normalized spacial score (nSPS) is 10.7. The van der Waals surface area contributed by atoms with E-state index in [2.05, 4.69) is 10.4 Å². The Balaban J connectivity index is 1.85. The van der Waals surface area contributed by atoms with Gasteiger partial charge in [-0.1, -0.05) is 41.4 Å². The Morgan fingerprint density at radius 3 is 2.52 bits per heavy atom. The van der Waals surface area contributed by atoms with E-state index in [9.17, 15) is 4.79 Å². The van der Waals surface area contributed by atoms with Crippen LogP contribution in [0.25, 0.3) is 0 Å². The van der Waals surface area contributed by atoms with Crippen LogP contribution in [0.5, 0.6) is 0 Å². The van der Waals surface area contributed by atoms with E-state index in [1.54, 1.807) is 10.9 Å². The lowest BCUT2D eigenvalue weighted by atomic mass is 10.1. The van der Waals surface area contributed by atoms with Crippen LogP contribution < -0.4 is 5.32 Å². The highest BCUT2D eigenvalue weighted by Gasteiger charge is 2.15. The highest BCUT2D eigenvalue weighted by atomic mass is 35.5. The molecule has 1 aromatic heterocycles. The van der Waals surface area contributed by atoms with Crippen molar-refractivity contribution >= 4 is 23.3 Å². The van der Waals surface area contributed by atoms with E-state index in [1.165, 1.54) is 0 Å². The molecule has 0 aliphatic carbocycles. The molecule has 0 spiro atoms. The summed E-state index contributed by atoms with van der Waals surface area (Å²) in [5.41, 5.74) is 4.67. The summed E-state index contributed by atoms with van der Waals surface area (Å²) < 4.78 is 1.79. The minimum Gasteiger partial charge on any atom is -0.307 e. The molecule has 0 saturated carbocycles. The highest BCUT2D eigenvalue weighted by molar-refractivity contribution is 6.30. The topological polar surface area (TPSA) is 46.9 Å². The molecule has 0 unspecified atom stereocenters. The fraction of sp³-hybridized carbons (Fsp3) is 0.200. The molecule has 0 aliphatic rings. The average Bonchev–Trinajstić information content (AvgIpc) is 2.92. The molecule has 1 amide bonds. The number of anilines is 1. The molecule has 0 atom stereocenters. The lowest BCUT2D eigenvalue weighted by molar-refractivity contribution is 0.102. The van der Waals surface area contributed by atoms with Gasteiger partial charge < -0.3 is 5.32 Å². The van der Waals surface area contributed by atoms with Crippen LogP contribution >= 0.6 is 11.6 Å². The zero-order valence-electron chi connectivity index (χ0n) is 14.5. The number of amides is 1. The molecule has 0 radical (unpaired) electrons. The fourth-order valence-electron chi connectivity index (χ4n) is 2.68. The van der Waals surface area contributed by atoms with Gasteiger partial charge in [-0.05, 0) is 50.1 Å². The highest BCUT2D eigenvalue weighted by Crippen LogP contribution is 2.19. The summed E-state index contributed by atoms with van der Waals surface area (Å²) in [7, 11) is 0. The lowest BCUT2D eigenvalue weighted by Crippen LogP contribution is -2.18. The molecule has 0 fully saturated rings. The monoisotopic (exact) mass is 353 g/mol. The number of aryl methyl sites for hydroxylation is 3. The van der Waals surface area contributed by atoms with Gasteiger partial charge in [0.05, 0.1) is 12.7 Å². The van der Waals surface area contributed by atoms with Crippen LogP contribution in [-0.2, 0) is 6.54 Å². The van der Waals surface area contributed by atoms with Gasteiger partial charge in [-0.2, -0.15) is 5.10 Å². The van der Waals surface area contributed by atoms with E-state index in [4.69, 9.17) is 11.6 Å². The van der Waals surface area contributed by atoms with Crippen molar-refractivity contribution in [2.45, 2.75) is 27.3 Å². The van der Waals surface area contributed by atoms with Crippen LogP contribution in [0, 0.1) is 20.8 Å². The van der Waals surface area contributed by atoms with Gasteiger partial charge in [0.25, 0.3) is 5.91 Å². The largest absolute Gasteiger partial charge is 0.307 e. The Labute approximate surface area is 152 Å². The minimum atomic E-state index is -0.123. The molecule has 128 valence electrons. The average molecular weight is 354 g/mol. The summed E-state index contributed by atoms with van der Waals surface area (Å²) in [6, 6.07) is 13.5. The number of aromatic nitrogens is 2. The SMILES string of the molecule is Cc1ccc(C)c(C(=O)Nc2c(C)cnn2Cc2ccc(Cl)cc2)c1. The van der Waals surface area contributed by atoms with Crippen LogP contribution in [-0.4, -0.2) is 15.7 Å². The molecule has 1 N–H and O–H groups in total. The second-order valence-electron chi connectivity index (χ2n) is 6.23. The summed E-state index contributed by atoms with van der Waals surface area (Å²) in [5.74, 6) is 0.586. The molecule has 2 aromatic carbocycles. The van der Waals surface area contributed by atoms with E-state index < -0.39 is 0 Å². The summed E-state index contributed by atoms with van der Waals surface area (Å²) in [4.78, 5) is 12.7. The van der Waals surface area contributed by atoms with E-state index in [1.807, 2.05) is 63.2 Å². The van der Waals surface area contributed by atoms with Crippen molar-refractivity contribution < 1.29 is 4.79 Å². The van der Waals surface area contributed by atoms with Gasteiger partial charge in [0, 0.05) is 16.1 Å². The van der Waals surface area contributed by atoms with Gasteiger partial charge in [-0.3, -0.25) is 4.79 Å². The Morgan fingerprint density at radius 2 is 1.80 bits per heavy atom. The first-order chi connectivity index (χ1) is 11.9. The number of benzene rings is 2. The van der Waals surface area contributed by atoms with Crippen LogP contribution in [0.4, 0.5) is 5.82 Å². The number of halogens is 1. The number of hydrogen-bond acceptors (Lipinski definition) is 2. The first kappa shape index (κ1) is 17.2. The zero-order valence-corrected chi connectivity index (χ0v) is 15.3. The van der Waals surface area contributed by atoms with Gasteiger partial charge in [0.2, 0.25) is 0 Å². The van der Waals surface area contributed by atoms with Crippen LogP contribution in [0.1, 0.15) is 32.6 Å². The number of nitrogens with zero attached hydrogens (tertiary/aromatic N) is 2. The van der Waals surface area contributed by atoms with Crippen molar-refractivity contribution in [1.29, 1.82) is 0 Å². The molecule has 1 heterocycles. The molecular weight excluding hydrogens is 334 g/mol. The molecule has 4 nitrogen and oxygen atoms in total. The number of rotatable bonds is 4. The molecule has 3 aromatic rings. The van der Waals surface area contributed by atoms with Crippen LogP contribution in [0.2, 0.25) is 5.02 Å². The van der Waals surface area contributed by atoms with E-state index in [0.717, 1.165) is 22.3 Å². The minimum absolute atomic E-state index is 0.123. The van der Waals surface area contributed by atoms with Gasteiger partial charge >= 0.3 is 0 Å². The zero-order chi connectivity index (χ0) is 18.0. The van der Waals surface area contributed by atoms with Crippen molar-refractivity contribution in [3.8, 4) is 0 Å². The molecule has 3 rings (SSSR count). The summed E-state index contributed by atoms with van der Waals surface area (Å²) >= 11 is 5.93. The van der Waals surface area contributed by atoms with Crippen molar-refractivity contribution in [1.82, 2.24) is 9.78 Å². The predicted octanol–water partition coefficient (Wildman–Crippen LogP) is 4.76. The Morgan fingerprint density at radius 1 is 1.08 bits per heavy atom. The maximum Gasteiger partial charge on any atom is 0.257 e. The fourth-order valence-corrected chi connectivity index (χ4v) is 2.81. The standard InChI is InChI=1S/C20H20ClN3O/c1-13-4-5-14(2)18(10-13)20(25)23-19-15(3)11-22-24(19)12-16-6-8-17(21)9-7-16/h4-11H,12H2,1-3H3,(H,23,25). The number of hydrogen-bond donors (Lipinski definition) is 1. The molecule has 0 bridgehead atoms. The van der Waals surface area contributed by atoms with E-state index in [-0.39, 0.29) is 5.91 Å². The Kier molecular flexibility index (Phi) is 4.91. The lowest BCUT2D eigenvalue weighted by Gasteiger charge is -2.12. The van der Waals surface area contributed by atoms with E-state index >= 15 is 0 Å². The predicted molar refractivity (Wildman–Crippen MR) is 101 cm³/mol. The third-order valence-electron chi connectivity index (χ3n) is 4.14. The number of carbonyl (C=O) groups is 1. The van der Waals surface area contributed by atoms with Crippen molar-refractivity contribution in [2.24, 2.45) is 0 Å². The van der Waals surface area contributed by atoms with Gasteiger partial charge in [-0.25, -0.2) is 4.68 Å². The van der Waals surface area contributed by atoms with Crippen molar-refractivity contribution in [2.75, 3.05) is 5.32 Å². The second kappa shape index (κ2) is 7.11. The number of nitrogens with one attached hydrogen (secondary N) is 1. The van der Waals surface area contributed by atoms with Crippen LogP contribution in [0.3, 0.4) is 0 Å². The first-order valence-electron chi connectivity index (χ1n) is 8.09. The molecular formula is C20H20ClN3O. The molecule has 0 aliphatic heterocycles. The Hall–Kier alpha value is -2.59. The summed E-state index contributed by atoms with van der Waals surface area (Å²) in [6.45, 7) is 6.41. The van der Waals surface area contributed by atoms with Gasteiger partial charge in [0.15, 0.2) is 0 Å². The maximum atomic E-state index is 12.7. The maximum absolute atomic E-state index is 12.7. The molecule has 5 heteroatoms. The quantitative estimate of drug-likeness (QED) is 0.734. The summed E-state index contributed by atoms with van der Waals surface area (Å²) in [6.07, 6.45) is 1.76. The number of carbonyl (C=O) groups excluding carboxylic acids is 1. The molecule has 25 heavy (non-hydrogen) atoms. The first-order valence-corrected chi connectivity index (χ1v) is 8.47. The third-order valence-corrected chi connectivity index (χ3v) is 4.39. The smallest absolute Gasteiger partial charge is 0.257 e. The summed E-state index contributed by atoms with van der Waals surface area (Å²) in [5, 5.41) is 8.10.